The molecule has 0 amide bonds. The van der Waals surface area contributed by atoms with Gasteiger partial charge in [-0.1, -0.05) is 63.8 Å². The Balaban J connectivity index is 1.27. The second-order valence-electron chi connectivity index (χ2n) is 12.3. The molecule has 1 aromatic rings. The molecular formula is C34H52F2O4. The molecule has 2 saturated carbocycles. The molecule has 1 aromatic carbocycles. The summed E-state index contributed by atoms with van der Waals surface area (Å²) in [7, 11) is 0. The van der Waals surface area contributed by atoms with Gasteiger partial charge in [-0.05, 0) is 113 Å². The fourth-order valence-electron chi connectivity index (χ4n) is 6.17. The van der Waals surface area contributed by atoms with E-state index in [0.717, 1.165) is 89.9 Å². The van der Waals surface area contributed by atoms with Gasteiger partial charge >= 0.3 is 11.9 Å². The highest BCUT2D eigenvalue weighted by molar-refractivity contribution is 5.75. The van der Waals surface area contributed by atoms with Gasteiger partial charge in [0.2, 0.25) is 0 Å². The summed E-state index contributed by atoms with van der Waals surface area (Å²) in [5, 5.41) is 0. The Kier molecular flexibility index (Phi) is 14.4. The SMILES string of the molecule is CCCC[C@H](F)C(=O)O[C@H]1CC[C@H](CCc2ccc(CC[C@H]3CC[C@H](OC(=O)[C@@H](F)CCCC)CC3)cc2)CC1. The molecule has 0 heterocycles. The molecule has 40 heavy (non-hydrogen) atoms. The maximum absolute atomic E-state index is 13.9. The van der Waals surface area contributed by atoms with Crippen LogP contribution in [0, 0.1) is 11.8 Å². The van der Waals surface area contributed by atoms with Gasteiger partial charge in [-0.15, -0.1) is 0 Å². The molecule has 0 saturated heterocycles. The molecular weight excluding hydrogens is 510 g/mol. The molecule has 4 nitrogen and oxygen atoms in total. The first-order valence-electron chi connectivity index (χ1n) is 16.1. The first-order valence-corrected chi connectivity index (χ1v) is 16.1. The second-order valence-corrected chi connectivity index (χ2v) is 12.3. The molecule has 2 aliphatic carbocycles. The quantitative estimate of drug-likeness (QED) is 0.189. The molecule has 226 valence electrons. The van der Waals surface area contributed by atoms with Crippen LogP contribution in [0.4, 0.5) is 8.78 Å². The van der Waals surface area contributed by atoms with Crippen LogP contribution in [0.1, 0.15) is 128 Å². The van der Waals surface area contributed by atoms with Crippen molar-refractivity contribution in [3.8, 4) is 0 Å². The van der Waals surface area contributed by atoms with E-state index in [0.29, 0.717) is 24.7 Å². The van der Waals surface area contributed by atoms with Gasteiger partial charge in [0, 0.05) is 0 Å². The lowest BCUT2D eigenvalue weighted by molar-refractivity contribution is -0.158. The van der Waals surface area contributed by atoms with Crippen molar-refractivity contribution in [2.24, 2.45) is 11.8 Å². The summed E-state index contributed by atoms with van der Waals surface area (Å²) in [6.07, 6.45) is 12.5. The van der Waals surface area contributed by atoms with Gasteiger partial charge in [-0.2, -0.15) is 0 Å². The van der Waals surface area contributed by atoms with Gasteiger partial charge in [-0.25, -0.2) is 18.4 Å². The Bertz CT molecular complexity index is 786. The Hall–Kier alpha value is -1.98. The number of carbonyl (C=O) groups is 2. The fraction of sp³-hybridized carbons (Fsp3) is 0.765. The minimum atomic E-state index is -1.47. The molecule has 2 aliphatic rings. The second kappa shape index (κ2) is 17.7. The molecule has 0 bridgehead atoms. The number of benzene rings is 1. The molecule has 0 N–H and O–H groups in total. The van der Waals surface area contributed by atoms with Crippen molar-refractivity contribution in [2.45, 2.75) is 154 Å². The normalized spacial score (nSPS) is 24.7. The van der Waals surface area contributed by atoms with Crippen LogP contribution in [0.15, 0.2) is 24.3 Å². The third kappa shape index (κ3) is 11.5. The Labute approximate surface area is 241 Å². The van der Waals surface area contributed by atoms with Gasteiger partial charge in [0.15, 0.2) is 12.3 Å². The topological polar surface area (TPSA) is 52.6 Å². The number of esters is 2. The van der Waals surface area contributed by atoms with E-state index in [1.54, 1.807) is 0 Å². The first kappa shape index (κ1) is 32.5. The fourth-order valence-corrected chi connectivity index (χ4v) is 6.17. The summed E-state index contributed by atoms with van der Waals surface area (Å²) in [6.45, 7) is 3.98. The average molecular weight is 563 g/mol. The number of hydrogen-bond acceptors (Lipinski definition) is 4. The summed E-state index contributed by atoms with van der Waals surface area (Å²) < 4.78 is 38.7. The summed E-state index contributed by atoms with van der Waals surface area (Å²) >= 11 is 0. The zero-order chi connectivity index (χ0) is 28.7. The van der Waals surface area contributed by atoms with Gasteiger partial charge < -0.3 is 9.47 Å². The highest BCUT2D eigenvalue weighted by Crippen LogP contribution is 2.32. The maximum Gasteiger partial charge on any atom is 0.340 e. The van der Waals surface area contributed by atoms with Gasteiger partial charge in [-0.3, -0.25) is 0 Å². The van der Waals surface area contributed by atoms with Gasteiger partial charge in [0.1, 0.15) is 12.2 Å². The predicted molar refractivity (Wildman–Crippen MR) is 156 cm³/mol. The number of alkyl halides is 2. The molecule has 0 aliphatic heterocycles. The molecule has 0 spiro atoms. The zero-order valence-electron chi connectivity index (χ0n) is 24.9. The maximum atomic E-state index is 13.9. The van der Waals surface area contributed by atoms with Crippen LogP contribution in [0.5, 0.6) is 0 Å². The molecule has 0 aromatic heterocycles. The van der Waals surface area contributed by atoms with E-state index in [4.69, 9.17) is 9.47 Å². The molecule has 2 atom stereocenters. The Morgan fingerprint density at radius 1 is 0.675 bits per heavy atom. The van der Waals surface area contributed by atoms with Crippen LogP contribution in [0.2, 0.25) is 0 Å². The summed E-state index contributed by atoms with van der Waals surface area (Å²) in [5.41, 5.74) is 2.72. The molecule has 2 fully saturated rings. The smallest absolute Gasteiger partial charge is 0.340 e. The van der Waals surface area contributed by atoms with Crippen LogP contribution in [-0.4, -0.2) is 36.5 Å². The van der Waals surface area contributed by atoms with Gasteiger partial charge in [0.25, 0.3) is 0 Å². The number of hydrogen-bond donors (Lipinski definition) is 0. The van der Waals surface area contributed by atoms with E-state index in [1.807, 2.05) is 13.8 Å². The van der Waals surface area contributed by atoms with E-state index in [9.17, 15) is 18.4 Å². The van der Waals surface area contributed by atoms with Crippen molar-refractivity contribution in [3.63, 3.8) is 0 Å². The lowest BCUT2D eigenvalue weighted by Gasteiger charge is -2.29. The third-order valence-electron chi connectivity index (χ3n) is 8.99. The van der Waals surface area contributed by atoms with Crippen molar-refractivity contribution in [3.05, 3.63) is 35.4 Å². The van der Waals surface area contributed by atoms with E-state index in [2.05, 4.69) is 24.3 Å². The zero-order valence-corrected chi connectivity index (χ0v) is 24.9. The monoisotopic (exact) mass is 562 g/mol. The van der Waals surface area contributed by atoms with Crippen molar-refractivity contribution < 1.29 is 27.8 Å². The van der Waals surface area contributed by atoms with E-state index >= 15 is 0 Å². The van der Waals surface area contributed by atoms with Crippen LogP contribution in [0.25, 0.3) is 0 Å². The van der Waals surface area contributed by atoms with Crippen LogP contribution < -0.4 is 0 Å². The standard InChI is InChI=1S/C34H52F2O4/c1-3-5-7-31(35)33(37)39-29-21-17-27(18-22-29)15-13-25-9-11-26(12-10-25)14-16-28-19-23-30(24-20-28)40-34(38)32(36)8-6-4-2/h9-12,27-32H,3-8,13-24H2,1-2H3/t27-,28-,29-,30-,31-,32-/m0/s1. The van der Waals surface area contributed by atoms with Crippen LogP contribution in [-0.2, 0) is 31.9 Å². The Morgan fingerprint density at radius 3 is 1.35 bits per heavy atom. The third-order valence-corrected chi connectivity index (χ3v) is 8.99. The lowest BCUT2D eigenvalue weighted by atomic mass is 9.83. The number of unbranched alkanes of at least 4 members (excludes halogenated alkanes) is 2. The summed E-state index contributed by atoms with van der Waals surface area (Å²) in [6, 6.07) is 9.01. The number of rotatable bonds is 16. The van der Waals surface area contributed by atoms with Crippen molar-refractivity contribution in [2.75, 3.05) is 0 Å². The summed E-state index contributed by atoms with van der Waals surface area (Å²) in [5.74, 6) is -0.0610. The molecule has 6 heteroatoms. The minimum absolute atomic E-state index is 0.119. The van der Waals surface area contributed by atoms with Crippen LogP contribution in [0.3, 0.4) is 0 Å². The largest absolute Gasteiger partial charge is 0.460 e. The number of halogens is 2. The first-order chi connectivity index (χ1) is 19.4. The molecule has 0 unspecified atom stereocenters. The number of carbonyl (C=O) groups excluding carboxylic acids is 2. The Morgan fingerprint density at radius 2 is 1.02 bits per heavy atom. The minimum Gasteiger partial charge on any atom is -0.460 e. The van der Waals surface area contributed by atoms with E-state index < -0.39 is 24.3 Å². The van der Waals surface area contributed by atoms with Crippen molar-refractivity contribution in [1.29, 1.82) is 0 Å². The van der Waals surface area contributed by atoms with Gasteiger partial charge in [0.05, 0.1) is 0 Å². The highest BCUT2D eigenvalue weighted by atomic mass is 19.1. The van der Waals surface area contributed by atoms with E-state index in [1.165, 1.54) is 11.1 Å². The predicted octanol–water partition coefficient (Wildman–Crippen LogP) is 8.81. The molecule has 0 radical (unpaired) electrons. The van der Waals surface area contributed by atoms with Crippen LogP contribution >= 0.6 is 0 Å². The lowest BCUT2D eigenvalue weighted by Crippen LogP contribution is -2.29. The summed E-state index contributed by atoms with van der Waals surface area (Å²) in [4.78, 5) is 23.9. The van der Waals surface area contributed by atoms with Crippen molar-refractivity contribution >= 4 is 11.9 Å². The highest BCUT2D eigenvalue weighted by Gasteiger charge is 2.28. The average Bonchev–Trinajstić information content (AvgIpc) is 2.98. The molecule has 3 rings (SSSR count). The number of ether oxygens (including phenoxy) is 2. The van der Waals surface area contributed by atoms with E-state index in [-0.39, 0.29) is 25.0 Å². The number of aryl methyl sites for hydroxylation is 2. The van der Waals surface area contributed by atoms with Crippen molar-refractivity contribution in [1.82, 2.24) is 0 Å².